The Kier molecular flexibility index (Phi) is 8.00. The smallest absolute Gasteiger partial charge is 0.161 e. The molecule has 4 N–H and O–H groups in total. The van der Waals surface area contributed by atoms with Gasteiger partial charge in [-0.1, -0.05) is 24.0 Å². The second kappa shape index (κ2) is 12.0. The van der Waals surface area contributed by atoms with Gasteiger partial charge in [0.25, 0.3) is 0 Å². The van der Waals surface area contributed by atoms with Crippen molar-refractivity contribution >= 4 is 5.82 Å². The molecule has 0 radical (unpaired) electrons. The molecule has 2 saturated heterocycles. The van der Waals surface area contributed by atoms with Crippen molar-refractivity contribution in [2.24, 2.45) is 5.92 Å². The van der Waals surface area contributed by atoms with Gasteiger partial charge in [0.2, 0.25) is 0 Å². The fraction of sp³-hybridized carbons (Fsp3) is 0.516. The normalized spacial score (nSPS) is 23.2. The van der Waals surface area contributed by atoms with Crippen LogP contribution < -0.4 is 11.1 Å². The van der Waals surface area contributed by atoms with E-state index in [9.17, 15) is 5.11 Å². The molecule has 0 spiro atoms. The van der Waals surface area contributed by atoms with E-state index in [1.54, 1.807) is 24.3 Å². The largest absolute Gasteiger partial charge is 0.507 e. The highest BCUT2D eigenvalue weighted by atomic mass is 16.5. The molecule has 1 unspecified atom stereocenters. The Morgan fingerprint density at radius 3 is 2.60 bits per heavy atom. The molecule has 3 aromatic rings. The zero-order valence-electron chi connectivity index (χ0n) is 23.2. The van der Waals surface area contributed by atoms with Gasteiger partial charge >= 0.3 is 0 Å². The topological polar surface area (TPSA) is 114 Å². The summed E-state index contributed by atoms with van der Waals surface area (Å²) in [5.41, 5.74) is 8.56. The van der Waals surface area contributed by atoms with Crippen molar-refractivity contribution < 1.29 is 9.84 Å². The number of piperidine rings is 2. The number of likely N-dealkylation sites (tertiary alicyclic amines) is 1. The summed E-state index contributed by atoms with van der Waals surface area (Å²) < 4.78 is 8.39. The average molecular weight is 542 g/mol. The minimum Gasteiger partial charge on any atom is -0.507 e. The fourth-order valence-corrected chi connectivity index (χ4v) is 6.22. The monoisotopic (exact) mass is 541 g/mol. The van der Waals surface area contributed by atoms with E-state index >= 15 is 0 Å². The molecule has 1 aromatic carbocycles. The van der Waals surface area contributed by atoms with Crippen molar-refractivity contribution in [2.45, 2.75) is 69.7 Å². The number of anilines is 1. The summed E-state index contributed by atoms with van der Waals surface area (Å²) in [4.78, 5) is 2.68. The summed E-state index contributed by atoms with van der Waals surface area (Å²) in [6, 6.07) is 9.78. The number of ether oxygens (including phenoxy) is 1. The number of nitrogens with two attached hydrogens (primary N) is 1. The second-order valence-corrected chi connectivity index (χ2v) is 11.5. The van der Waals surface area contributed by atoms with Crippen LogP contribution in [0.15, 0.2) is 42.7 Å². The van der Waals surface area contributed by atoms with Gasteiger partial charge in [0.1, 0.15) is 5.75 Å². The zero-order valence-corrected chi connectivity index (χ0v) is 23.2. The van der Waals surface area contributed by atoms with Crippen LogP contribution in [-0.2, 0) is 4.74 Å². The maximum atomic E-state index is 10.2. The molecular weight excluding hydrogens is 502 g/mol. The zero-order chi connectivity index (χ0) is 27.5. The Bertz CT molecular complexity index is 1360. The van der Waals surface area contributed by atoms with Gasteiger partial charge in [0.15, 0.2) is 5.82 Å². The van der Waals surface area contributed by atoms with Crippen LogP contribution in [0, 0.1) is 17.8 Å². The summed E-state index contributed by atoms with van der Waals surface area (Å²) in [5, 5.41) is 26.4. The molecule has 2 aliphatic heterocycles. The van der Waals surface area contributed by atoms with Crippen molar-refractivity contribution in [3.63, 3.8) is 0 Å². The lowest BCUT2D eigenvalue weighted by Crippen LogP contribution is -2.52. The quantitative estimate of drug-likeness (QED) is 0.406. The number of rotatable bonds is 6. The van der Waals surface area contributed by atoms with Gasteiger partial charge in [-0.3, -0.25) is 4.68 Å². The van der Waals surface area contributed by atoms with E-state index in [2.05, 4.69) is 49.0 Å². The van der Waals surface area contributed by atoms with Gasteiger partial charge in [-0.25, -0.2) is 0 Å². The van der Waals surface area contributed by atoms with E-state index in [4.69, 9.17) is 10.5 Å². The number of nitrogen functional groups attached to an aromatic ring is 1. The number of aromatic nitrogens is 4. The first kappa shape index (κ1) is 26.8. The molecule has 9 heteroatoms. The summed E-state index contributed by atoms with van der Waals surface area (Å²) in [7, 11) is 0. The molecule has 0 bridgehead atoms. The van der Waals surface area contributed by atoms with Crippen molar-refractivity contribution in [3.05, 3.63) is 53.9 Å². The van der Waals surface area contributed by atoms with Crippen LogP contribution in [0.1, 0.15) is 62.6 Å². The Labute approximate surface area is 236 Å². The predicted molar refractivity (Wildman–Crippen MR) is 155 cm³/mol. The SMILES string of the molecule is CC(C1CCN(C2CC(OC3CCNCC3)C2)CC1)n1cc(C#Cc2cc(-c3ccccc3O)nnc2N)cn1. The molecule has 0 amide bonds. The third kappa shape index (κ3) is 5.99. The molecule has 3 aliphatic rings. The van der Waals surface area contributed by atoms with Gasteiger partial charge in [-0.15, -0.1) is 10.2 Å². The third-order valence-electron chi connectivity index (χ3n) is 8.88. The molecule has 1 aliphatic carbocycles. The molecule has 4 heterocycles. The van der Waals surface area contributed by atoms with Gasteiger partial charge in [0, 0.05) is 17.8 Å². The number of nitrogens with one attached hydrogen (secondary N) is 1. The molecule has 210 valence electrons. The van der Waals surface area contributed by atoms with E-state index in [1.807, 2.05) is 18.5 Å². The number of para-hydroxylation sites is 1. The summed E-state index contributed by atoms with van der Waals surface area (Å²) in [6.45, 7) is 6.76. The van der Waals surface area contributed by atoms with Crippen LogP contribution >= 0.6 is 0 Å². The number of hydrogen-bond donors (Lipinski definition) is 3. The van der Waals surface area contributed by atoms with Crippen LogP contribution in [0.25, 0.3) is 11.3 Å². The van der Waals surface area contributed by atoms with Crippen LogP contribution in [0.3, 0.4) is 0 Å². The molecule has 40 heavy (non-hydrogen) atoms. The first-order chi connectivity index (χ1) is 19.5. The maximum Gasteiger partial charge on any atom is 0.161 e. The van der Waals surface area contributed by atoms with Gasteiger partial charge in [-0.2, -0.15) is 5.10 Å². The van der Waals surface area contributed by atoms with Gasteiger partial charge in [-0.05, 0) is 95.7 Å². The molecular formula is C31H39N7O2. The van der Waals surface area contributed by atoms with E-state index in [0.717, 1.165) is 44.6 Å². The standard InChI is InChI=1S/C31H39N7O2/c1-21(23-10-14-37(15-11-23)25-17-27(18-25)40-26-8-12-33-13-9-26)38-20-22(19-34-38)6-7-24-16-29(35-36-31(24)32)28-4-2-3-5-30(28)39/h2-5,16,19-21,23,25-27,33,39H,8-15,17-18H2,1H3,(H2,32,36). The number of phenols is 1. The number of phenolic OH excluding ortho intramolecular Hbond substituents is 1. The first-order valence-corrected chi connectivity index (χ1v) is 14.6. The van der Waals surface area contributed by atoms with E-state index in [1.165, 1.54) is 25.7 Å². The van der Waals surface area contributed by atoms with Crippen LogP contribution in [0.5, 0.6) is 5.75 Å². The van der Waals surface area contributed by atoms with Crippen molar-refractivity contribution in [2.75, 3.05) is 31.9 Å². The second-order valence-electron chi connectivity index (χ2n) is 11.5. The Morgan fingerprint density at radius 1 is 1.05 bits per heavy atom. The number of nitrogens with zero attached hydrogens (tertiary/aromatic N) is 5. The highest BCUT2D eigenvalue weighted by Gasteiger charge is 2.38. The van der Waals surface area contributed by atoms with E-state index in [-0.39, 0.29) is 11.6 Å². The summed E-state index contributed by atoms with van der Waals surface area (Å²) >= 11 is 0. The van der Waals surface area contributed by atoms with Gasteiger partial charge in [0.05, 0.1) is 41.3 Å². The summed E-state index contributed by atoms with van der Waals surface area (Å²) in [6.07, 6.45) is 11.8. The average Bonchev–Trinajstić information content (AvgIpc) is 3.44. The molecule has 3 fully saturated rings. The fourth-order valence-electron chi connectivity index (χ4n) is 6.22. The highest BCUT2D eigenvalue weighted by molar-refractivity contribution is 5.69. The Balaban J connectivity index is 1.02. The van der Waals surface area contributed by atoms with Crippen LogP contribution in [0.4, 0.5) is 5.82 Å². The van der Waals surface area contributed by atoms with E-state index in [0.29, 0.717) is 47.0 Å². The first-order valence-electron chi connectivity index (χ1n) is 14.6. The molecule has 9 nitrogen and oxygen atoms in total. The lowest BCUT2D eigenvalue weighted by Gasteiger charge is -2.47. The number of hydrogen-bond acceptors (Lipinski definition) is 8. The van der Waals surface area contributed by atoms with Gasteiger partial charge < -0.3 is 25.8 Å². The minimum absolute atomic E-state index is 0.139. The van der Waals surface area contributed by atoms with Crippen LogP contribution in [-0.4, -0.2) is 74.4 Å². The number of benzene rings is 1. The lowest BCUT2D eigenvalue weighted by molar-refractivity contribution is -0.0998. The highest BCUT2D eigenvalue weighted by Crippen LogP contribution is 2.35. The van der Waals surface area contributed by atoms with E-state index < -0.39 is 0 Å². The van der Waals surface area contributed by atoms with Crippen molar-refractivity contribution in [1.29, 1.82) is 0 Å². The molecule has 1 saturated carbocycles. The molecule has 1 atom stereocenters. The third-order valence-corrected chi connectivity index (χ3v) is 8.88. The lowest BCUT2D eigenvalue weighted by atomic mass is 9.83. The number of aromatic hydroxyl groups is 1. The summed E-state index contributed by atoms with van der Waals surface area (Å²) in [5.74, 6) is 7.29. The molecule has 6 rings (SSSR count). The maximum absolute atomic E-state index is 10.2. The van der Waals surface area contributed by atoms with Crippen LogP contribution in [0.2, 0.25) is 0 Å². The Morgan fingerprint density at radius 2 is 1.82 bits per heavy atom. The predicted octanol–water partition coefficient (Wildman–Crippen LogP) is 3.60. The van der Waals surface area contributed by atoms with Crippen molar-refractivity contribution in [3.8, 4) is 28.8 Å². The minimum atomic E-state index is 0.139. The Hall–Kier alpha value is -3.45. The molecule has 2 aromatic heterocycles. The van der Waals surface area contributed by atoms with Crippen molar-refractivity contribution in [1.82, 2.24) is 30.2 Å².